The minimum absolute atomic E-state index is 0.145. The van der Waals surface area contributed by atoms with Gasteiger partial charge in [-0.1, -0.05) is 18.2 Å². The van der Waals surface area contributed by atoms with Crippen molar-refractivity contribution in [2.45, 2.75) is 38.7 Å². The van der Waals surface area contributed by atoms with Crippen LogP contribution < -0.4 is 0 Å². The second kappa shape index (κ2) is 4.35. The first kappa shape index (κ1) is 12.2. The van der Waals surface area contributed by atoms with Crippen LogP contribution >= 0.6 is 0 Å². The van der Waals surface area contributed by atoms with Gasteiger partial charge in [-0.2, -0.15) is 0 Å². The highest BCUT2D eigenvalue weighted by atomic mass is 32.2. The molecule has 0 heterocycles. The Kier molecular flexibility index (Phi) is 3.55. The molecule has 1 rings (SSSR count). The maximum Gasteiger partial charge on any atom is 0.156 e. The summed E-state index contributed by atoms with van der Waals surface area (Å²) < 4.78 is 23.4. The molecule has 84 valence electrons. The van der Waals surface area contributed by atoms with Crippen LogP contribution in [0, 0.1) is 13.8 Å². The summed E-state index contributed by atoms with van der Waals surface area (Å²) in [5.74, 6) is 0.145. The van der Waals surface area contributed by atoms with Crippen molar-refractivity contribution in [3.8, 4) is 0 Å². The Bertz CT molecular complexity index is 445. The third kappa shape index (κ3) is 3.06. The molecule has 1 aromatic rings. The molecule has 3 heteroatoms. The van der Waals surface area contributed by atoms with Crippen LogP contribution in [0.25, 0.3) is 0 Å². The van der Waals surface area contributed by atoms with Crippen molar-refractivity contribution < 1.29 is 8.42 Å². The summed E-state index contributed by atoms with van der Waals surface area (Å²) in [7, 11) is -2.98. The third-order valence-corrected chi connectivity index (χ3v) is 4.83. The van der Waals surface area contributed by atoms with E-state index in [2.05, 4.69) is 0 Å². The molecular formula is C12H18O2S. The molecule has 1 aromatic carbocycles. The van der Waals surface area contributed by atoms with E-state index in [0.29, 0.717) is 0 Å². The summed E-state index contributed by atoms with van der Waals surface area (Å²) in [6.07, 6.45) is 0. The van der Waals surface area contributed by atoms with Gasteiger partial charge in [-0.3, -0.25) is 0 Å². The zero-order valence-electron chi connectivity index (χ0n) is 9.74. The molecular weight excluding hydrogens is 208 g/mol. The van der Waals surface area contributed by atoms with E-state index in [9.17, 15) is 8.42 Å². The van der Waals surface area contributed by atoms with E-state index in [0.717, 1.165) is 11.1 Å². The molecule has 0 radical (unpaired) electrons. The topological polar surface area (TPSA) is 34.1 Å². The summed E-state index contributed by atoms with van der Waals surface area (Å²) >= 11 is 0. The summed E-state index contributed by atoms with van der Waals surface area (Å²) in [5, 5.41) is -0.306. The molecule has 0 aliphatic rings. The first-order valence-electron chi connectivity index (χ1n) is 5.10. The Morgan fingerprint density at radius 3 is 2.20 bits per heavy atom. The van der Waals surface area contributed by atoms with Crippen LogP contribution in [-0.2, 0) is 15.6 Å². The lowest BCUT2D eigenvalue weighted by atomic mass is 10.1. The lowest BCUT2D eigenvalue weighted by molar-refractivity contribution is 0.586. The Labute approximate surface area is 92.2 Å². The first-order valence-corrected chi connectivity index (χ1v) is 6.82. The predicted octanol–water partition coefficient (Wildman–Crippen LogP) is 2.63. The van der Waals surface area contributed by atoms with E-state index in [1.54, 1.807) is 13.8 Å². The molecule has 0 aliphatic carbocycles. The maximum absolute atomic E-state index is 11.7. The van der Waals surface area contributed by atoms with Crippen molar-refractivity contribution >= 4 is 9.84 Å². The largest absolute Gasteiger partial charge is 0.228 e. The zero-order valence-corrected chi connectivity index (χ0v) is 10.6. The molecule has 15 heavy (non-hydrogen) atoms. The van der Waals surface area contributed by atoms with Gasteiger partial charge >= 0.3 is 0 Å². The second-order valence-electron chi connectivity index (χ2n) is 4.27. The van der Waals surface area contributed by atoms with E-state index in [4.69, 9.17) is 0 Å². The molecule has 0 aromatic heterocycles. The number of rotatable bonds is 3. The van der Waals surface area contributed by atoms with Gasteiger partial charge in [0.1, 0.15) is 0 Å². The molecule has 0 saturated heterocycles. The monoisotopic (exact) mass is 226 g/mol. The highest BCUT2D eigenvalue weighted by molar-refractivity contribution is 7.91. The van der Waals surface area contributed by atoms with Gasteiger partial charge in [0.15, 0.2) is 9.84 Å². The van der Waals surface area contributed by atoms with Crippen molar-refractivity contribution in [2.24, 2.45) is 0 Å². The lowest BCUT2D eigenvalue weighted by Gasteiger charge is -2.09. The van der Waals surface area contributed by atoms with Crippen molar-refractivity contribution in [2.75, 3.05) is 0 Å². The highest BCUT2D eigenvalue weighted by Crippen LogP contribution is 2.14. The first-order chi connectivity index (χ1) is 6.83. The fourth-order valence-electron chi connectivity index (χ4n) is 1.29. The number of benzene rings is 1. The quantitative estimate of drug-likeness (QED) is 0.794. The average Bonchev–Trinajstić information content (AvgIpc) is 2.10. The van der Waals surface area contributed by atoms with Gasteiger partial charge in [0.05, 0.1) is 11.0 Å². The van der Waals surface area contributed by atoms with Gasteiger partial charge in [0, 0.05) is 0 Å². The number of hydrogen-bond acceptors (Lipinski definition) is 2. The number of aryl methyl sites for hydroxylation is 2. The average molecular weight is 226 g/mol. The van der Waals surface area contributed by atoms with Crippen LogP contribution in [0.5, 0.6) is 0 Å². The van der Waals surface area contributed by atoms with Crippen molar-refractivity contribution in [3.63, 3.8) is 0 Å². The van der Waals surface area contributed by atoms with Gasteiger partial charge in [-0.15, -0.1) is 0 Å². The third-order valence-electron chi connectivity index (χ3n) is 2.66. The summed E-state index contributed by atoms with van der Waals surface area (Å²) in [6, 6.07) is 5.82. The van der Waals surface area contributed by atoms with Crippen LogP contribution in [0.15, 0.2) is 18.2 Å². The summed E-state index contributed by atoms with van der Waals surface area (Å²) in [6.45, 7) is 7.46. The second-order valence-corrected chi connectivity index (χ2v) is 6.83. The highest BCUT2D eigenvalue weighted by Gasteiger charge is 2.16. The molecule has 0 unspecified atom stereocenters. The standard InChI is InChI=1S/C12H18O2S/c1-9(2)15(13,14)8-12-6-5-10(3)11(4)7-12/h5-7,9H,8H2,1-4H3. The van der Waals surface area contributed by atoms with Crippen LogP contribution in [0.3, 0.4) is 0 Å². The fraction of sp³-hybridized carbons (Fsp3) is 0.500. The fourth-order valence-corrected chi connectivity index (χ4v) is 2.27. The lowest BCUT2D eigenvalue weighted by Crippen LogP contribution is -2.16. The predicted molar refractivity (Wildman–Crippen MR) is 63.7 cm³/mol. The summed E-state index contributed by atoms with van der Waals surface area (Å²) in [4.78, 5) is 0. The van der Waals surface area contributed by atoms with Gasteiger partial charge in [-0.25, -0.2) is 8.42 Å². The van der Waals surface area contributed by atoms with Crippen molar-refractivity contribution in [1.29, 1.82) is 0 Å². The molecule has 0 fully saturated rings. The molecule has 2 nitrogen and oxygen atoms in total. The molecule has 0 bridgehead atoms. The maximum atomic E-state index is 11.7. The normalized spacial score (nSPS) is 12.1. The Balaban J connectivity index is 2.96. The van der Waals surface area contributed by atoms with Gasteiger partial charge in [0.2, 0.25) is 0 Å². The molecule has 0 spiro atoms. The molecule has 0 aliphatic heterocycles. The van der Waals surface area contributed by atoms with E-state index < -0.39 is 9.84 Å². The van der Waals surface area contributed by atoms with E-state index in [-0.39, 0.29) is 11.0 Å². The van der Waals surface area contributed by atoms with Crippen molar-refractivity contribution in [1.82, 2.24) is 0 Å². The Hall–Kier alpha value is -0.830. The molecule has 0 saturated carbocycles. The SMILES string of the molecule is Cc1ccc(CS(=O)(=O)C(C)C)cc1C. The summed E-state index contributed by atoms with van der Waals surface area (Å²) in [5.41, 5.74) is 3.22. The Morgan fingerprint density at radius 2 is 1.73 bits per heavy atom. The zero-order chi connectivity index (χ0) is 11.6. The minimum Gasteiger partial charge on any atom is -0.228 e. The smallest absolute Gasteiger partial charge is 0.156 e. The van der Waals surface area contributed by atoms with Gasteiger partial charge < -0.3 is 0 Å². The molecule has 0 atom stereocenters. The van der Waals surface area contributed by atoms with E-state index >= 15 is 0 Å². The van der Waals surface area contributed by atoms with Crippen molar-refractivity contribution in [3.05, 3.63) is 34.9 Å². The minimum atomic E-state index is -2.98. The number of sulfone groups is 1. The molecule has 0 N–H and O–H groups in total. The van der Waals surface area contributed by atoms with Crippen LogP contribution in [0.2, 0.25) is 0 Å². The number of hydrogen-bond donors (Lipinski definition) is 0. The van der Waals surface area contributed by atoms with E-state index in [1.165, 1.54) is 5.56 Å². The van der Waals surface area contributed by atoms with Crippen LogP contribution in [0.1, 0.15) is 30.5 Å². The van der Waals surface area contributed by atoms with Gasteiger partial charge in [-0.05, 0) is 44.4 Å². The molecule has 0 amide bonds. The Morgan fingerprint density at radius 1 is 1.13 bits per heavy atom. The van der Waals surface area contributed by atoms with E-state index in [1.807, 2.05) is 32.0 Å². The van der Waals surface area contributed by atoms with Crippen LogP contribution in [-0.4, -0.2) is 13.7 Å². The van der Waals surface area contributed by atoms with Crippen LogP contribution in [0.4, 0.5) is 0 Å². The van der Waals surface area contributed by atoms with Gasteiger partial charge in [0.25, 0.3) is 0 Å².